The van der Waals surface area contributed by atoms with Gasteiger partial charge in [-0.25, -0.2) is 0 Å². The van der Waals surface area contributed by atoms with Crippen LogP contribution in [0.25, 0.3) is 5.32 Å². The number of imide groups is 3. The van der Waals surface area contributed by atoms with Crippen LogP contribution < -0.4 is 51.4 Å². The number of furan rings is 4. The zero-order valence-corrected chi connectivity index (χ0v) is 43.9. The van der Waals surface area contributed by atoms with Crippen LogP contribution in [0.3, 0.4) is 0 Å². The number of hydrogen-bond donors (Lipinski definition) is 0. The predicted molar refractivity (Wildman–Crippen MR) is 251 cm³/mol. The van der Waals surface area contributed by atoms with Crippen LogP contribution in [0, 0.1) is 0 Å². The van der Waals surface area contributed by atoms with E-state index in [1.807, 2.05) is 38.1 Å². The molecule has 0 bridgehead atoms. The summed E-state index contributed by atoms with van der Waals surface area (Å²) in [5.74, 6) is 3.57. The van der Waals surface area contributed by atoms with Gasteiger partial charge in [-0.3, -0.25) is 33.4 Å². The number of carbonyl (C=O) groups excluding carboxylic acids is 6. The number of fused-ring (bicyclic) bond motifs is 3. The summed E-state index contributed by atoms with van der Waals surface area (Å²) in [5.41, 5.74) is 1.44. The first-order valence-electron chi connectivity index (χ1n) is 21.4. The molecule has 0 saturated carbocycles. The maximum absolute atomic E-state index is 12.7. The molecule has 3 aromatic carbocycles. The topological polar surface area (TPSA) is 176 Å². The van der Waals surface area contributed by atoms with Gasteiger partial charge in [0.15, 0.2) is 0 Å². The summed E-state index contributed by atoms with van der Waals surface area (Å²) in [4.78, 5) is 74.9. The Bertz CT molecular complexity index is 2780. The van der Waals surface area contributed by atoms with Crippen molar-refractivity contribution in [3.05, 3.63) is 206 Å². The van der Waals surface area contributed by atoms with Crippen molar-refractivity contribution in [2.75, 3.05) is 7.15 Å². The van der Waals surface area contributed by atoms with Gasteiger partial charge in [0.2, 0.25) is 0 Å². The smallest absolute Gasteiger partial charge is 0.587 e. The summed E-state index contributed by atoms with van der Waals surface area (Å²) < 4.78 is 39.2. The van der Waals surface area contributed by atoms with Crippen molar-refractivity contribution in [2.24, 2.45) is 0 Å². The van der Waals surface area contributed by atoms with Crippen molar-refractivity contribution in [3.8, 4) is 0 Å². The van der Waals surface area contributed by atoms with Gasteiger partial charge < -0.3 is 32.6 Å². The summed E-state index contributed by atoms with van der Waals surface area (Å²) in [5, 5.41) is 4.74. The Labute approximate surface area is 451 Å². The first-order valence-corrected chi connectivity index (χ1v) is 22.9. The first-order chi connectivity index (χ1) is 32.5. The van der Waals surface area contributed by atoms with E-state index in [4.69, 9.17) is 19.0 Å². The molecule has 13 nitrogen and oxygen atoms in total. The normalized spacial score (nSPS) is 13.8. The van der Waals surface area contributed by atoms with E-state index in [0.717, 1.165) is 33.7 Å². The summed E-state index contributed by atoms with van der Waals surface area (Å²) >= 11 is 6.77. The summed E-state index contributed by atoms with van der Waals surface area (Å²) in [6.45, 7) is 8.07. The van der Waals surface area contributed by atoms with E-state index in [-0.39, 0.29) is 93.5 Å². The molecule has 0 saturated heterocycles. The van der Waals surface area contributed by atoms with Gasteiger partial charge >= 0.3 is 51.4 Å². The Morgan fingerprint density at radius 2 is 0.721 bits per heavy atom. The molecule has 7 heterocycles. The number of carbonyl (C=O) groups is 6. The second-order valence-electron chi connectivity index (χ2n) is 16.3. The molecule has 3 aliphatic heterocycles. The molecule has 17 heteroatoms. The molecule has 0 unspecified atom stereocenters. The van der Waals surface area contributed by atoms with E-state index >= 15 is 0 Å². The molecule has 6 amide bonds. The quantitative estimate of drug-likeness (QED) is 0.0732. The minimum atomic E-state index is -1.00. The van der Waals surface area contributed by atoms with Crippen molar-refractivity contribution in [3.63, 3.8) is 0 Å². The molecule has 0 spiro atoms. The number of amides is 6. The zero-order valence-electron chi connectivity index (χ0n) is 38.6. The molecule has 10 rings (SSSR count). The molecule has 0 atom stereocenters. The zero-order chi connectivity index (χ0) is 48.9. The molecule has 0 aliphatic carbocycles. The first kappa shape index (κ1) is 50.6. The van der Waals surface area contributed by atoms with E-state index in [0.29, 0.717) is 56.4 Å². The Hall–Kier alpha value is -5.27. The second kappa shape index (κ2) is 22.0. The molecule has 344 valence electrons. The summed E-state index contributed by atoms with van der Waals surface area (Å²) in [6, 6.07) is 35.2. The third kappa shape index (κ3) is 10.5. The minimum absolute atomic E-state index is 0. The molecule has 7 aromatic rings. The van der Waals surface area contributed by atoms with Crippen LogP contribution in [0.4, 0.5) is 4.39 Å². The molecule has 4 aromatic heterocycles. The van der Waals surface area contributed by atoms with Crippen LogP contribution >= 0.6 is 31.9 Å². The third-order valence-electron chi connectivity index (χ3n) is 11.3. The van der Waals surface area contributed by atoms with Crippen LogP contribution in [0.5, 0.6) is 0 Å². The van der Waals surface area contributed by atoms with Gasteiger partial charge in [-0.05, 0) is 100 Å². The number of rotatable bonds is 10. The van der Waals surface area contributed by atoms with Crippen molar-refractivity contribution in [1.82, 2.24) is 9.80 Å². The summed E-state index contributed by atoms with van der Waals surface area (Å²) in [6.07, 6.45) is 0. The van der Waals surface area contributed by atoms with Gasteiger partial charge in [-0.15, -0.1) is 0 Å². The van der Waals surface area contributed by atoms with Gasteiger partial charge in [0.25, 0.3) is 23.6 Å². The fourth-order valence-corrected chi connectivity index (χ4v) is 8.16. The van der Waals surface area contributed by atoms with Gasteiger partial charge in [0.05, 0.1) is 77.2 Å². The van der Waals surface area contributed by atoms with Gasteiger partial charge in [-0.1, -0.05) is 80.4 Å². The van der Waals surface area contributed by atoms with Gasteiger partial charge in [0.1, 0.15) is 46.1 Å². The Morgan fingerprint density at radius 3 is 0.985 bits per heavy atom. The maximum Gasteiger partial charge on any atom is 1.00 e. The Morgan fingerprint density at radius 1 is 0.471 bits per heavy atom. The SMILES string of the molecule is CC(C)(c1ccc(CBr)o1)c1ccc(CBr)o1.CC(C)(c1ccc(CN2C(=O)c3ccccc3C2=O)o1)c1ccc(CN2C(=O)c3ccccc3C2=O)o1.O=C1[N-]C(=O)c2ccccc21.[2H]CF.[K+]. The van der Waals surface area contributed by atoms with Gasteiger partial charge in [-0.2, -0.15) is 0 Å². The second-order valence-corrected chi connectivity index (χ2v) is 17.5. The molecule has 0 radical (unpaired) electrons. The standard InChI is InChI=1S/C29H22N2O6.C13H14Br2O2.C8H5NO2.CH3F.K/c1-29(2,23-13-11-17(36-23)15-30-25(32)19-7-3-4-8-20(19)26(30)33)24-14-12-18(37-24)16-31-27(34)21-9-5-6-10-22(21)28(31)35;1-13(2,11-5-3-9(7-14)16-11)12-6-4-10(8-15)17-12;10-7-5-3-1-2-4-6(5)8(11)9-7;1-2;/h3-14H,15-16H2,1-2H3;3-6H,7-8H2,1-2H3;1-4H,(H,9,10,11);1H3;/q;;;;+1/p-1/i;;;1D;. The van der Waals surface area contributed by atoms with E-state index in [1.54, 1.807) is 97.1 Å². The summed E-state index contributed by atoms with van der Waals surface area (Å²) in [7, 11) is -1.00. The van der Waals surface area contributed by atoms with Crippen LogP contribution in [-0.2, 0) is 34.6 Å². The van der Waals surface area contributed by atoms with E-state index in [9.17, 15) is 33.2 Å². The number of benzene rings is 3. The van der Waals surface area contributed by atoms with E-state index in [2.05, 4.69) is 51.0 Å². The molecule has 0 N–H and O–H groups in total. The number of nitrogens with zero attached hydrogens (tertiary/aromatic N) is 3. The van der Waals surface area contributed by atoms with E-state index < -0.39 is 24.4 Å². The average molecular weight is 1080 g/mol. The van der Waals surface area contributed by atoms with Crippen LogP contribution in [-0.4, -0.2) is 52.4 Å². The molecule has 3 aliphatic rings. The number of hydrogen-bond acceptors (Lipinski definition) is 10. The third-order valence-corrected chi connectivity index (χ3v) is 12.5. The Balaban J connectivity index is 0.000000200. The largest absolute Gasteiger partial charge is 1.00 e. The van der Waals surface area contributed by atoms with Crippen LogP contribution in [0.15, 0.2) is 139 Å². The van der Waals surface area contributed by atoms with Crippen LogP contribution in [0.1, 0.15) is 137 Å². The molecular weight excluding hydrogens is 1030 g/mol. The monoisotopic (exact) mass is 1070 g/mol. The minimum Gasteiger partial charge on any atom is -0.587 e. The van der Waals surface area contributed by atoms with Crippen LogP contribution in [0.2, 0.25) is 0 Å². The number of halogens is 3. The predicted octanol–water partition coefficient (Wildman–Crippen LogP) is 8.72. The fourth-order valence-electron chi connectivity index (χ4n) is 7.56. The van der Waals surface area contributed by atoms with Crippen molar-refractivity contribution in [2.45, 2.75) is 62.3 Å². The van der Waals surface area contributed by atoms with E-state index in [1.165, 1.54) is 9.80 Å². The molecule has 0 fully saturated rings. The van der Waals surface area contributed by atoms with Crippen molar-refractivity contribution < 1.29 is 104 Å². The maximum atomic E-state index is 12.7. The van der Waals surface area contributed by atoms with Gasteiger partial charge in [0, 0.05) is 11.1 Å². The molecule has 68 heavy (non-hydrogen) atoms. The fraction of sp³-hybridized carbons (Fsp3) is 0.216. The Kier molecular flexibility index (Phi) is 16.4. The van der Waals surface area contributed by atoms with Crippen molar-refractivity contribution in [1.29, 1.82) is 0 Å². The molecular formula is C51H43Br2FKN3O10. The van der Waals surface area contributed by atoms with Crippen molar-refractivity contribution >= 4 is 67.3 Å². The average Bonchev–Trinajstić information content (AvgIpc) is 4.23. The number of alkyl halides is 3.